The van der Waals surface area contributed by atoms with Crippen molar-refractivity contribution >= 4 is 33.0 Å². The number of nitro benzene ring substituents is 1. The molecule has 0 heterocycles. The van der Waals surface area contributed by atoms with Gasteiger partial charge in [0, 0.05) is 18.2 Å². The van der Waals surface area contributed by atoms with Crippen molar-refractivity contribution in [1.82, 2.24) is 0 Å². The van der Waals surface area contributed by atoms with E-state index in [4.69, 9.17) is 9.47 Å². The molecule has 0 fully saturated rings. The predicted octanol–water partition coefficient (Wildman–Crippen LogP) is 2.02. The van der Waals surface area contributed by atoms with Gasteiger partial charge >= 0.3 is 0 Å². The quantitative estimate of drug-likeness (QED) is 0.522. The summed E-state index contributed by atoms with van der Waals surface area (Å²) in [6.45, 7) is -0.583. The maximum atomic E-state index is 12.5. The van der Waals surface area contributed by atoms with E-state index in [0.717, 1.165) is 16.6 Å². The van der Waals surface area contributed by atoms with Crippen LogP contribution >= 0.6 is 0 Å². The van der Waals surface area contributed by atoms with Gasteiger partial charge < -0.3 is 14.8 Å². The van der Waals surface area contributed by atoms with Crippen molar-refractivity contribution in [3.8, 4) is 11.5 Å². The van der Waals surface area contributed by atoms with Crippen molar-refractivity contribution in [2.75, 3.05) is 36.6 Å². The molecule has 2 rings (SSSR count). The number of amides is 1. The largest absolute Gasteiger partial charge is 0.497 e. The highest BCUT2D eigenvalue weighted by Crippen LogP contribution is 2.29. The summed E-state index contributed by atoms with van der Waals surface area (Å²) in [5, 5.41) is 13.5. The third kappa shape index (κ3) is 5.10. The van der Waals surface area contributed by atoms with E-state index in [0.29, 0.717) is 17.2 Å². The Kier molecular flexibility index (Phi) is 6.41. The average Bonchev–Trinajstić information content (AvgIpc) is 2.65. The Hall–Kier alpha value is -3.34. The summed E-state index contributed by atoms with van der Waals surface area (Å²) in [6, 6.07) is 9.77. The maximum absolute atomic E-state index is 12.5. The third-order valence-electron chi connectivity index (χ3n) is 3.70. The molecule has 0 aliphatic carbocycles. The van der Waals surface area contributed by atoms with Crippen LogP contribution in [-0.2, 0) is 14.8 Å². The van der Waals surface area contributed by atoms with E-state index in [1.54, 1.807) is 12.1 Å². The van der Waals surface area contributed by atoms with Gasteiger partial charge in [0.05, 0.1) is 36.8 Å². The molecule has 1 N–H and O–H groups in total. The van der Waals surface area contributed by atoms with Crippen molar-refractivity contribution in [3.63, 3.8) is 0 Å². The first-order chi connectivity index (χ1) is 13.2. The van der Waals surface area contributed by atoms with Crippen LogP contribution < -0.4 is 19.1 Å². The first-order valence-corrected chi connectivity index (χ1v) is 9.74. The second-order valence-corrected chi connectivity index (χ2v) is 7.57. The lowest BCUT2D eigenvalue weighted by atomic mass is 10.2. The fraction of sp³-hybridized carbons (Fsp3) is 0.235. The number of carbonyl (C=O) groups excluding carboxylic acids is 1. The first-order valence-electron chi connectivity index (χ1n) is 7.89. The molecule has 0 saturated carbocycles. The van der Waals surface area contributed by atoms with Crippen molar-refractivity contribution in [2.24, 2.45) is 0 Å². The Morgan fingerprint density at radius 3 is 2.46 bits per heavy atom. The second-order valence-electron chi connectivity index (χ2n) is 5.66. The Morgan fingerprint density at radius 1 is 1.18 bits per heavy atom. The van der Waals surface area contributed by atoms with E-state index in [1.165, 1.54) is 38.5 Å². The molecule has 0 aliphatic rings. The molecule has 0 aromatic heterocycles. The van der Waals surface area contributed by atoms with Gasteiger partial charge in [-0.05, 0) is 18.2 Å². The number of hydrogen-bond acceptors (Lipinski definition) is 7. The second kappa shape index (κ2) is 8.57. The highest BCUT2D eigenvalue weighted by atomic mass is 32.2. The molecule has 0 aliphatic heterocycles. The van der Waals surface area contributed by atoms with Gasteiger partial charge in [0.1, 0.15) is 18.0 Å². The van der Waals surface area contributed by atoms with Crippen LogP contribution in [0.5, 0.6) is 11.5 Å². The third-order valence-corrected chi connectivity index (χ3v) is 4.84. The number of non-ortho nitro benzene ring substituents is 1. The van der Waals surface area contributed by atoms with Gasteiger partial charge in [0.2, 0.25) is 15.9 Å². The number of nitrogens with one attached hydrogen (secondary N) is 1. The van der Waals surface area contributed by atoms with Gasteiger partial charge in [-0.15, -0.1) is 0 Å². The maximum Gasteiger partial charge on any atom is 0.271 e. The lowest BCUT2D eigenvalue weighted by molar-refractivity contribution is -0.384. The number of nitro groups is 1. The standard InChI is InChI=1S/C17H19N3O7S/c1-26-14-7-8-16(27-2)15(10-14)18-17(21)11-19(28(3,24)25)12-5-4-6-13(9-12)20(22)23/h4-10H,11H2,1-3H3,(H,18,21). The number of hydrogen-bond donors (Lipinski definition) is 1. The summed E-state index contributed by atoms with van der Waals surface area (Å²) in [4.78, 5) is 22.8. The molecule has 150 valence electrons. The highest BCUT2D eigenvalue weighted by molar-refractivity contribution is 7.92. The topological polar surface area (TPSA) is 128 Å². The molecule has 2 aromatic carbocycles. The summed E-state index contributed by atoms with van der Waals surface area (Å²) in [5.74, 6) is 0.161. The van der Waals surface area contributed by atoms with Crippen LogP contribution in [0.25, 0.3) is 0 Å². The van der Waals surface area contributed by atoms with E-state index in [1.807, 2.05) is 0 Å². The lowest BCUT2D eigenvalue weighted by Gasteiger charge is -2.22. The summed E-state index contributed by atoms with van der Waals surface area (Å²) in [7, 11) is -1.00. The number of anilines is 2. The number of rotatable bonds is 8. The molecule has 28 heavy (non-hydrogen) atoms. The van der Waals surface area contributed by atoms with Crippen LogP contribution in [-0.4, -0.2) is 46.3 Å². The van der Waals surface area contributed by atoms with Crippen LogP contribution in [0.3, 0.4) is 0 Å². The molecule has 0 atom stereocenters. The zero-order chi connectivity index (χ0) is 20.9. The normalized spacial score (nSPS) is 10.8. The van der Waals surface area contributed by atoms with Crippen molar-refractivity contribution in [3.05, 3.63) is 52.6 Å². The summed E-state index contributed by atoms with van der Waals surface area (Å²) < 4.78 is 35.4. The molecule has 0 bridgehead atoms. The fourth-order valence-electron chi connectivity index (χ4n) is 2.39. The monoisotopic (exact) mass is 409 g/mol. The molecular weight excluding hydrogens is 390 g/mol. The molecule has 0 saturated heterocycles. The summed E-state index contributed by atoms with van der Waals surface area (Å²) >= 11 is 0. The average molecular weight is 409 g/mol. The molecule has 1 amide bonds. The van der Waals surface area contributed by atoms with Crippen LogP contribution in [0, 0.1) is 10.1 Å². The van der Waals surface area contributed by atoms with Crippen LogP contribution in [0.1, 0.15) is 0 Å². The minimum Gasteiger partial charge on any atom is -0.497 e. The molecule has 0 radical (unpaired) electrons. The van der Waals surface area contributed by atoms with Gasteiger partial charge in [-0.1, -0.05) is 6.07 Å². The molecule has 10 nitrogen and oxygen atoms in total. The van der Waals surface area contributed by atoms with Crippen molar-refractivity contribution in [2.45, 2.75) is 0 Å². The molecule has 2 aromatic rings. The van der Waals surface area contributed by atoms with Gasteiger partial charge in [-0.2, -0.15) is 0 Å². The van der Waals surface area contributed by atoms with Crippen molar-refractivity contribution in [1.29, 1.82) is 0 Å². The Labute approximate surface area is 161 Å². The molecule has 0 unspecified atom stereocenters. The smallest absolute Gasteiger partial charge is 0.271 e. The Bertz CT molecular complexity index is 992. The Morgan fingerprint density at radius 2 is 1.89 bits per heavy atom. The van der Waals surface area contributed by atoms with E-state index >= 15 is 0 Å². The minimum atomic E-state index is -3.88. The fourth-order valence-corrected chi connectivity index (χ4v) is 3.24. The van der Waals surface area contributed by atoms with Gasteiger partial charge in [0.15, 0.2) is 0 Å². The minimum absolute atomic E-state index is 0.00413. The molecule has 0 spiro atoms. The van der Waals surface area contributed by atoms with E-state index in [9.17, 15) is 23.3 Å². The lowest BCUT2D eigenvalue weighted by Crippen LogP contribution is -2.37. The zero-order valence-electron chi connectivity index (χ0n) is 15.4. The number of ether oxygens (including phenoxy) is 2. The van der Waals surface area contributed by atoms with Gasteiger partial charge in [0.25, 0.3) is 5.69 Å². The highest BCUT2D eigenvalue weighted by Gasteiger charge is 2.23. The zero-order valence-corrected chi connectivity index (χ0v) is 16.2. The molecule has 11 heteroatoms. The number of benzene rings is 2. The number of nitrogens with zero attached hydrogens (tertiary/aromatic N) is 2. The Balaban J connectivity index is 2.30. The molecular formula is C17H19N3O7S. The predicted molar refractivity (Wildman–Crippen MR) is 103 cm³/mol. The first kappa shape index (κ1) is 21.0. The van der Waals surface area contributed by atoms with Gasteiger partial charge in [-0.3, -0.25) is 19.2 Å². The number of carbonyl (C=O) groups is 1. The SMILES string of the molecule is COc1ccc(OC)c(NC(=O)CN(c2cccc([N+](=O)[O-])c2)S(C)(=O)=O)c1. The van der Waals surface area contributed by atoms with E-state index in [2.05, 4.69) is 5.32 Å². The number of methoxy groups -OCH3 is 2. The van der Waals surface area contributed by atoms with E-state index in [-0.39, 0.29) is 11.4 Å². The summed E-state index contributed by atoms with van der Waals surface area (Å²) in [5.41, 5.74) is 0.00447. The van der Waals surface area contributed by atoms with E-state index < -0.39 is 27.4 Å². The van der Waals surface area contributed by atoms with Crippen molar-refractivity contribution < 1.29 is 27.6 Å². The van der Waals surface area contributed by atoms with Gasteiger partial charge in [-0.25, -0.2) is 8.42 Å². The van der Waals surface area contributed by atoms with Crippen LogP contribution in [0.2, 0.25) is 0 Å². The van der Waals surface area contributed by atoms with Crippen LogP contribution in [0.4, 0.5) is 17.1 Å². The summed E-state index contributed by atoms with van der Waals surface area (Å²) in [6.07, 6.45) is 0.908. The van der Waals surface area contributed by atoms with Crippen LogP contribution in [0.15, 0.2) is 42.5 Å². The number of sulfonamides is 1.